The van der Waals surface area contributed by atoms with Crippen molar-refractivity contribution >= 4 is 10.1 Å². The van der Waals surface area contributed by atoms with E-state index in [0.717, 1.165) is 12.0 Å². The van der Waals surface area contributed by atoms with Crippen LogP contribution in [0, 0.1) is 12.8 Å². The van der Waals surface area contributed by atoms with E-state index in [4.69, 9.17) is 14.0 Å². The number of hydrogen-bond donors (Lipinski definition) is 2. The first-order valence-electron chi connectivity index (χ1n) is 8.70. The average molecular weight is 371 g/mol. The predicted octanol–water partition coefficient (Wildman–Crippen LogP) is 2.20. The maximum Gasteiger partial charge on any atom is 0.296 e. The molecular formula is C18H29NO5S. The van der Waals surface area contributed by atoms with Crippen LogP contribution in [0.15, 0.2) is 29.2 Å². The highest BCUT2D eigenvalue weighted by Crippen LogP contribution is 2.23. The van der Waals surface area contributed by atoms with Gasteiger partial charge in [-0.2, -0.15) is 8.42 Å². The van der Waals surface area contributed by atoms with E-state index in [1.54, 1.807) is 24.3 Å². The number of aliphatic hydroxyl groups is 1. The van der Waals surface area contributed by atoms with Gasteiger partial charge in [0, 0.05) is 12.6 Å². The van der Waals surface area contributed by atoms with Gasteiger partial charge in [-0.15, -0.1) is 0 Å². The molecular weight excluding hydrogens is 342 g/mol. The van der Waals surface area contributed by atoms with Crippen molar-refractivity contribution in [1.82, 2.24) is 5.32 Å². The lowest BCUT2D eigenvalue weighted by Crippen LogP contribution is -2.39. The van der Waals surface area contributed by atoms with Gasteiger partial charge in [-0.1, -0.05) is 17.7 Å². The highest BCUT2D eigenvalue weighted by atomic mass is 32.2. The van der Waals surface area contributed by atoms with Gasteiger partial charge in [0.05, 0.1) is 18.1 Å². The number of aryl methyl sites for hydroxylation is 1. The minimum Gasteiger partial charge on any atom is -0.396 e. The highest BCUT2D eigenvalue weighted by Gasteiger charge is 2.32. The molecule has 0 saturated carbocycles. The summed E-state index contributed by atoms with van der Waals surface area (Å²) in [7, 11) is -3.77. The Morgan fingerprint density at radius 3 is 2.60 bits per heavy atom. The molecule has 6 nitrogen and oxygen atoms in total. The Bertz CT molecular complexity index is 642. The first-order chi connectivity index (χ1) is 11.7. The highest BCUT2D eigenvalue weighted by molar-refractivity contribution is 7.86. The van der Waals surface area contributed by atoms with E-state index in [-0.39, 0.29) is 35.8 Å². The standard InChI is InChI=1S/C18H29NO5S/c1-14-6-8-17(9-7-14)25(21,22)24-12-15(5-4-10-20)11-16-13-23-18(2,3)19-16/h6-9,15-16,19-20H,4-5,10-13H2,1-3H3/t15?,16-/m0/s1. The van der Waals surface area contributed by atoms with Crippen LogP contribution in [0.1, 0.15) is 38.7 Å². The van der Waals surface area contributed by atoms with Gasteiger partial charge in [-0.05, 0) is 58.1 Å². The molecule has 0 bridgehead atoms. The van der Waals surface area contributed by atoms with Crippen molar-refractivity contribution in [3.63, 3.8) is 0 Å². The van der Waals surface area contributed by atoms with Gasteiger partial charge < -0.3 is 9.84 Å². The van der Waals surface area contributed by atoms with E-state index >= 15 is 0 Å². The van der Waals surface area contributed by atoms with E-state index in [1.165, 1.54) is 0 Å². The lowest BCUT2D eigenvalue weighted by molar-refractivity contribution is 0.0230. The summed E-state index contributed by atoms with van der Waals surface area (Å²) in [5.74, 6) is 0.0300. The summed E-state index contributed by atoms with van der Waals surface area (Å²) in [6, 6.07) is 6.78. The topological polar surface area (TPSA) is 84.9 Å². The van der Waals surface area contributed by atoms with Gasteiger partial charge in [-0.3, -0.25) is 9.50 Å². The summed E-state index contributed by atoms with van der Waals surface area (Å²) in [5, 5.41) is 12.5. The molecule has 0 aliphatic carbocycles. The number of benzene rings is 1. The zero-order valence-corrected chi connectivity index (χ0v) is 16.0. The van der Waals surface area contributed by atoms with Gasteiger partial charge in [0.2, 0.25) is 0 Å². The molecule has 1 saturated heterocycles. The fourth-order valence-electron chi connectivity index (χ4n) is 3.02. The number of nitrogens with one attached hydrogen (secondary N) is 1. The van der Waals surface area contributed by atoms with Gasteiger partial charge in [0.15, 0.2) is 0 Å². The second kappa shape index (κ2) is 8.60. The van der Waals surface area contributed by atoms with Crippen LogP contribution in [0.5, 0.6) is 0 Å². The Kier molecular flexibility index (Phi) is 6.99. The lowest BCUT2D eigenvalue weighted by atomic mass is 9.96. The van der Waals surface area contributed by atoms with Crippen molar-refractivity contribution in [2.75, 3.05) is 19.8 Å². The van der Waals surface area contributed by atoms with Crippen molar-refractivity contribution in [3.8, 4) is 0 Å². The molecule has 0 amide bonds. The molecule has 2 N–H and O–H groups in total. The zero-order chi connectivity index (χ0) is 18.5. The molecule has 1 unspecified atom stereocenters. The Labute approximate surface area is 150 Å². The van der Waals surface area contributed by atoms with Crippen LogP contribution < -0.4 is 5.32 Å². The molecule has 1 fully saturated rings. The van der Waals surface area contributed by atoms with Gasteiger partial charge in [0.1, 0.15) is 5.72 Å². The van der Waals surface area contributed by atoms with Crippen molar-refractivity contribution in [3.05, 3.63) is 29.8 Å². The zero-order valence-electron chi connectivity index (χ0n) is 15.2. The second-order valence-corrected chi connectivity index (χ2v) is 8.80. The van der Waals surface area contributed by atoms with Gasteiger partial charge >= 0.3 is 0 Å². The average Bonchev–Trinajstić information content (AvgIpc) is 2.89. The molecule has 1 aromatic rings. The van der Waals surface area contributed by atoms with Crippen molar-refractivity contribution in [2.24, 2.45) is 5.92 Å². The molecule has 7 heteroatoms. The maximum absolute atomic E-state index is 12.4. The number of aliphatic hydroxyl groups excluding tert-OH is 1. The molecule has 1 aliphatic rings. The quantitative estimate of drug-likeness (QED) is 0.648. The maximum atomic E-state index is 12.4. The minimum atomic E-state index is -3.77. The first-order valence-corrected chi connectivity index (χ1v) is 10.1. The third-order valence-electron chi connectivity index (χ3n) is 4.35. The molecule has 0 aromatic heterocycles. The summed E-state index contributed by atoms with van der Waals surface area (Å²) in [6.07, 6.45) is 2.07. The molecule has 1 aromatic carbocycles. The van der Waals surface area contributed by atoms with Crippen LogP contribution >= 0.6 is 0 Å². The number of hydrogen-bond acceptors (Lipinski definition) is 6. The summed E-state index contributed by atoms with van der Waals surface area (Å²) >= 11 is 0. The van der Waals surface area contributed by atoms with E-state index in [1.807, 2.05) is 20.8 Å². The monoisotopic (exact) mass is 371 g/mol. The third-order valence-corrected chi connectivity index (χ3v) is 5.65. The van der Waals surface area contributed by atoms with Crippen molar-refractivity contribution in [1.29, 1.82) is 0 Å². The number of rotatable bonds is 9. The Morgan fingerprint density at radius 1 is 1.36 bits per heavy atom. The van der Waals surface area contributed by atoms with Crippen molar-refractivity contribution in [2.45, 2.75) is 56.7 Å². The molecule has 1 aliphatic heterocycles. The largest absolute Gasteiger partial charge is 0.396 e. The van der Waals surface area contributed by atoms with E-state index in [9.17, 15) is 8.42 Å². The molecule has 2 atom stereocenters. The Hall–Kier alpha value is -0.990. The smallest absolute Gasteiger partial charge is 0.296 e. The fourth-order valence-corrected chi connectivity index (χ4v) is 4.00. The summed E-state index contributed by atoms with van der Waals surface area (Å²) in [5.41, 5.74) is 0.635. The molecule has 2 rings (SSSR count). The third kappa shape index (κ3) is 6.34. The van der Waals surface area contributed by atoms with Gasteiger partial charge in [-0.25, -0.2) is 0 Å². The lowest BCUT2D eigenvalue weighted by Gasteiger charge is -2.22. The predicted molar refractivity (Wildman–Crippen MR) is 95.7 cm³/mol. The molecule has 1 heterocycles. The first kappa shape index (κ1) is 20.3. The van der Waals surface area contributed by atoms with Crippen LogP contribution in [-0.2, 0) is 19.0 Å². The summed E-state index contributed by atoms with van der Waals surface area (Å²) in [4.78, 5) is 0.169. The van der Waals surface area contributed by atoms with Crippen LogP contribution in [0.3, 0.4) is 0 Å². The Morgan fingerprint density at radius 2 is 2.04 bits per heavy atom. The van der Waals surface area contributed by atoms with Crippen LogP contribution in [0.4, 0.5) is 0 Å². The van der Waals surface area contributed by atoms with Gasteiger partial charge in [0.25, 0.3) is 10.1 Å². The Balaban J connectivity index is 1.95. The molecule has 0 spiro atoms. The SMILES string of the molecule is Cc1ccc(S(=O)(=O)OCC(CCCO)C[C@H]2COC(C)(C)N2)cc1. The normalized spacial score (nSPS) is 21.4. The molecule has 25 heavy (non-hydrogen) atoms. The molecule has 0 radical (unpaired) electrons. The van der Waals surface area contributed by atoms with Crippen LogP contribution in [0.2, 0.25) is 0 Å². The number of ether oxygens (including phenoxy) is 1. The van der Waals surface area contributed by atoms with E-state index < -0.39 is 10.1 Å². The molecule has 142 valence electrons. The van der Waals surface area contributed by atoms with Crippen LogP contribution in [-0.4, -0.2) is 45.1 Å². The van der Waals surface area contributed by atoms with E-state index in [0.29, 0.717) is 19.4 Å². The summed E-state index contributed by atoms with van der Waals surface area (Å²) < 4.78 is 35.7. The second-order valence-electron chi connectivity index (χ2n) is 7.18. The summed E-state index contributed by atoms with van der Waals surface area (Å²) in [6.45, 7) is 6.62. The van der Waals surface area contributed by atoms with Crippen molar-refractivity contribution < 1.29 is 22.4 Å². The van der Waals surface area contributed by atoms with Crippen LogP contribution in [0.25, 0.3) is 0 Å². The minimum absolute atomic E-state index is 0.0300. The fraction of sp³-hybridized carbons (Fsp3) is 0.667. The van der Waals surface area contributed by atoms with E-state index in [2.05, 4.69) is 5.32 Å².